The Balaban J connectivity index is 0.000000127. The fraction of sp³-hybridized carbons (Fsp3) is 0.429. The van der Waals surface area contributed by atoms with Crippen LogP contribution < -0.4 is 0 Å². The maximum Gasteiger partial charge on any atom is 0.290 e. The average molecular weight is 190 g/mol. The number of ether oxygens (including phenoxy) is 1. The van der Waals surface area contributed by atoms with Crippen LogP contribution in [0.3, 0.4) is 0 Å². The van der Waals surface area contributed by atoms with Crippen molar-refractivity contribution in [2.24, 2.45) is 0 Å². The van der Waals surface area contributed by atoms with E-state index in [0.717, 1.165) is 18.4 Å². The molecule has 2 heterocycles. The van der Waals surface area contributed by atoms with Crippen LogP contribution >= 0.6 is 0 Å². The van der Waals surface area contributed by atoms with E-state index in [1.807, 2.05) is 6.08 Å². The van der Waals surface area contributed by atoms with Crippen LogP contribution in [0, 0.1) is 0 Å². The van der Waals surface area contributed by atoms with Crippen LogP contribution in [0.2, 0.25) is 0 Å². The normalized spacial score (nSPS) is 23.0. The molecule has 0 radical (unpaired) electrons. The standard InChI is InChI=1S/C4H6O.C3H4O3S/c1-2-4-5-3-1;4-7(5)3-1-2-6-7/h1,3H,2,4H2;1,3H,2H2. The van der Waals surface area contributed by atoms with E-state index in [9.17, 15) is 8.42 Å². The zero-order chi connectivity index (χ0) is 8.86. The monoisotopic (exact) mass is 190 g/mol. The minimum atomic E-state index is -3.23. The lowest BCUT2D eigenvalue weighted by atomic mass is 10.5. The van der Waals surface area contributed by atoms with Crippen LogP contribution in [0.5, 0.6) is 0 Å². The van der Waals surface area contributed by atoms with Crippen LogP contribution in [0.25, 0.3) is 0 Å². The Kier molecular flexibility index (Phi) is 3.31. The van der Waals surface area contributed by atoms with Crippen molar-refractivity contribution in [3.8, 4) is 0 Å². The molecule has 5 heteroatoms. The first-order valence-corrected chi connectivity index (χ1v) is 5.00. The van der Waals surface area contributed by atoms with Gasteiger partial charge in [-0.1, -0.05) is 0 Å². The molecular weight excluding hydrogens is 180 g/mol. The first-order chi connectivity index (χ1) is 5.71. The fourth-order valence-corrected chi connectivity index (χ4v) is 1.33. The van der Waals surface area contributed by atoms with Crippen molar-refractivity contribution in [2.45, 2.75) is 6.42 Å². The molecule has 2 aliphatic rings. The number of hydrogen-bond donors (Lipinski definition) is 0. The third-order valence-corrected chi connectivity index (χ3v) is 2.18. The highest BCUT2D eigenvalue weighted by molar-refractivity contribution is 7.89. The van der Waals surface area contributed by atoms with E-state index < -0.39 is 10.1 Å². The Hall–Kier alpha value is -0.810. The first-order valence-electron chi connectivity index (χ1n) is 3.53. The molecule has 0 atom stereocenters. The molecule has 2 rings (SSSR count). The second kappa shape index (κ2) is 4.27. The Bertz CT molecular complexity index is 270. The molecule has 0 N–H and O–H groups in total. The van der Waals surface area contributed by atoms with E-state index in [1.165, 1.54) is 6.08 Å². The maximum atomic E-state index is 10.1. The Morgan fingerprint density at radius 3 is 2.25 bits per heavy atom. The van der Waals surface area contributed by atoms with Crippen molar-refractivity contribution in [1.29, 1.82) is 0 Å². The van der Waals surface area contributed by atoms with Gasteiger partial charge in [-0.3, -0.25) is 4.18 Å². The van der Waals surface area contributed by atoms with Crippen molar-refractivity contribution in [1.82, 2.24) is 0 Å². The minimum Gasteiger partial charge on any atom is -0.501 e. The predicted octanol–water partition coefficient (Wildman–Crippen LogP) is 0.780. The van der Waals surface area contributed by atoms with Gasteiger partial charge in [0.05, 0.1) is 24.9 Å². The van der Waals surface area contributed by atoms with Gasteiger partial charge in [-0.2, -0.15) is 8.42 Å². The lowest BCUT2D eigenvalue weighted by Crippen LogP contribution is -1.92. The molecule has 0 saturated carbocycles. The topological polar surface area (TPSA) is 52.6 Å². The van der Waals surface area contributed by atoms with Crippen molar-refractivity contribution in [3.63, 3.8) is 0 Å². The molecule has 0 spiro atoms. The molecule has 2 aliphatic heterocycles. The zero-order valence-corrected chi connectivity index (χ0v) is 7.29. The molecule has 0 aromatic rings. The summed E-state index contributed by atoms with van der Waals surface area (Å²) in [6.07, 6.45) is 6.30. The summed E-state index contributed by atoms with van der Waals surface area (Å²) in [7, 11) is -3.23. The molecule has 68 valence electrons. The second-order valence-electron chi connectivity index (χ2n) is 2.18. The van der Waals surface area contributed by atoms with E-state index in [0.29, 0.717) is 0 Å². The maximum absolute atomic E-state index is 10.1. The largest absolute Gasteiger partial charge is 0.501 e. The summed E-state index contributed by atoms with van der Waals surface area (Å²) in [4.78, 5) is 0. The lowest BCUT2D eigenvalue weighted by Gasteiger charge is -1.83. The molecule has 0 unspecified atom stereocenters. The summed E-state index contributed by atoms with van der Waals surface area (Å²) in [6, 6.07) is 0. The zero-order valence-electron chi connectivity index (χ0n) is 6.47. The van der Waals surface area contributed by atoms with Crippen LogP contribution in [0.1, 0.15) is 6.42 Å². The minimum absolute atomic E-state index is 0.197. The summed E-state index contributed by atoms with van der Waals surface area (Å²) in [6.45, 7) is 1.09. The highest BCUT2D eigenvalue weighted by Crippen LogP contribution is 2.01. The third-order valence-electron chi connectivity index (χ3n) is 1.19. The van der Waals surface area contributed by atoms with Crippen molar-refractivity contribution in [3.05, 3.63) is 23.8 Å². The third kappa shape index (κ3) is 3.54. The van der Waals surface area contributed by atoms with Gasteiger partial charge in [0, 0.05) is 6.42 Å². The molecule has 12 heavy (non-hydrogen) atoms. The smallest absolute Gasteiger partial charge is 0.290 e. The van der Waals surface area contributed by atoms with E-state index in [2.05, 4.69) is 4.18 Å². The lowest BCUT2D eigenvalue weighted by molar-refractivity contribution is 0.281. The van der Waals surface area contributed by atoms with Gasteiger partial charge in [-0.25, -0.2) is 0 Å². The Morgan fingerprint density at radius 2 is 2.08 bits per heavy atom. The van der Waals surface area contributed by atoms with Gasteiger partial charge < -0.3 is 4.74 Å². The first kappa shape index (κ1) is 9.28. The number of hydrogen-bond acceptors (Lipinski definition) is 4. The molecule has 0 amide bonds. The van der Waals surface area contributed by atoms with Gasteiger partial charge in [-0.05, 0) is 12.2 Å². The fourth-order valence-electron chi connectivity index (χ4n) is 0.671. The molecular formula is C7H10O4S. The van der Waals surface area contributed by atoms with Crippen molar-refractivity contribution >= 4 is 10.1 Å². The van der Waals surface area contributed by atoms with E-state index in [4.69, 9.17) is 4.74 Å². The Labute approximate surface area is 71.6 Å². The van der Waals surface area contributed by atoms with E-state index in [-0.39, 0.29) is 6.61 Å². The van der Waals surface area contributed by atoms with Crippen LogP contribution in [0.4, 0.5) is 0 Å². The summed E-state index contributed by atoms with van der Waals surface area (Å²) in [5.74, 6) is 0. The molecule has 0 bridgehead atoms. The van der Waals surface area contributed by atoms with Crippen molar-refractivity contribution in [2.75, 3.05) is 13.2 Å². The summed E-state index contributed by atoms with van der Waals surface area (Å²) in [5, 5.41) is 1.05. The quantitative estimate of drug-likeness (QED) is 0.530. The second-order valence-corrected chi connectivity index (χ2v) is 3.67. The van der Waals surface area contributed by atoms with E-state index in [1.54, 1.807) is 6.26 Å². The highest BCUT2D eigenvalue weighted by atomic mass is 32.2. The Morgan fingerprint density at radius 1 is 1.25 bits per heavy atom. The van der Waals surface area contributed by atoms with Crippen LogP contribution in [-0.4, -0.2) is 21.6 Å². The van der Waals surface area contributed by atoms with E-state index >= 15 is 0 Å². The van der Waals surface area contributed by atoms with Crippen molar-refractivity contribution < 1.29 is 17.3 Å². The highest BCUT2D eigenvalue weighted by Gasteiger charge is 2.08. The SMILES string of the molecule is C1=COCC1.O=S1(=O)C=CCO1. The average Bonchev–Trinajstić information content (AvgIpc) is 2.60. The summed E-state index contributed by atoms with van der Waals surface area (Å²) in [5.41, 5.74) is 0. The molecule has 0 fully saturated rings. The molecule has 0 aliphatic carbocycles. The molecule has 0 aromatic carbocycles. The van der Waals surface area contributed by atoms with Gasteiger partial charge in [0.25, 0.3) is 10.1 Å². The van der Waals surface area contributed by atoms with Gasteiger partial charge in [0.15, 0.2) is 0 Å². The van der Waals surface area contributed by atoms with Crippen LogP contribution in [0.15, 0.2) is 23.8 Å². The van der Waals surface area contributed by atoms with Crippen LogP contribution in [-0.2, 0) is 19.0 Å². The number of rotatable bonds is 0. The summed E-state index contributed by atoms with van der Waals surface area (Å²) < 4.78 is 29.2. The molecule has 0 aromatic heterocycles. The van der Waals surface area contributed by atoms with Gasteiger partial charge >= 0.3 is 0 Å². The van der Waals surface area contributed by atoms with Gasteiger partial charge in [0.2, 0.25) is 0 Å². The molecule has 4 nitrogen and oxygen atoms in total. The van der Waals surface area contributed by atoms with Gasteiger partial charge in [0.1, 0.15) is 0 Å². The van der Waals surface area contributed by atoms with Gasteiger partial charge in [-0.15, -0.1) is 0 Å². The summed E-state index contributed by atoms with van der Waals surface area (Å²) >= 11 is 0. The predicted molar refractivity (Wildman–Crippen MR) is 43.7 cm³/mol. The molecule has 0 saturated heterocycles.